The maximum absolute atomic E-state index is 12.3. The second kappa shape index (κ2) is 6.02. The molecule has 98 valence electrons. The van der Waals surface area contributed by atoms with Crippen molar-refractivity contribution in [1.82, 2.24) is 0 Å². The molecule has 0 saturated carbocycles. The van der Waals surface area contributed by atoms with Crippen molar-refractivity contribution in [1.29, 1.82) is 0 Å². The predicted octanol–water partition coefficient (Wildman–Crippen LogP) is 5.25. The molecular weight excluding hydrogens is 368 g/mol. The Morgan fingerprint density at radius 2 is 1.74 bits per heavy atom. The van der Waals surface area contributed by atoms with Crippen molar-refractivity contribution in [2.24, 2.45) is 0 Å². The van der Waals surface area contributed by atoms with Gasteiger partial charge in [0.05, 0.1) is 0 Å². The number of ketones is 1. The van der Waals surface area contributed by atoms with E-state index in [9.17, 15) is 4.79 Å². The fourth-order valence-electron chi connectivity index (χ4n) is 1.91. The number of carbonyl (C=O) groups excluding carboxylic acids is 1. The van der Waals surface area contributed by atoms with Gasteiger partial charge in [0, 0.05) is 20.9 Å². The summed E-state index contributed by atoms with van der Waals surface area (Å²) in [4.78, 5) is 12.3. The van der Waals surface area contributed by atoms with E-state index in [1.807, 2.05) is 24.3 Å². The van der Waals surface area contributed by atoms with Crippen molar-refractivity contribution >= 4 is 37.6 Å². The third-order valence-electron chi connectivity index (χ3n) is 3.16. The average Bonchev–Trinajstić information content (AvgIpc) is 2.36. The molecule has 0 aliphatic rings. The second-order valence-corrected chi connectivity index (χ2v) is 6.41. The summed E-state index contributed by atoms with van der Waals surface area (Å²) in [7, 11) is 0. The van der Waals surface area contributed by atoms with Crippen molar-refractivity contribution in [3.8, 4) is 0 Å². The minimum Gasteiger partial charge on any atom is -0.294 e. The molecule has 1 nitrogen and oxygen atoms in total. The van der Waals surface area contributed by atoms with Crippen LogP contribution in [-0.2, 0) is 6.42 Å². The summed E-state index contributed by atoms with van der Waals surface area (Å²) in [6.45, 7) is 4.14. The highest BCUT2D eigenvalue weighted by Crippen LogP contribution is 2.23. The lowest BCUT2D eigenvalue weighted by molar-refractivity contribution is 0.0992. The van der Waals surface area contributed by atoms with Crippen LogP contribution in [0.5, 0.6) is 0 Å². The molecule has 0 aliphatic carbocycles. The number of halogens is 2. The summed E-state index contributed by atoms with van der Waals surface area (Å²) in [5, 5.41) is 0. The Kier molecular flexibility index (Phi) is 4.58. The van der Waals surface area contributed by atoms with E-state index in [1.54, 1.807) is 0 Å². The Bertz CT molecular complexity index is 633. The first-order valence-corrected chi connectivity index (χ1v) is 7.60. The lowest BCUT2D eigenvalue weighted by Gasteiger charge is -2.07. The fourth-order valence-corrected chi connectivity index (χ4v) is 2.73. The van der Waals surface area contributed by atoms with E-state index in [0.29, 0.717) is 12.0 Å². The van der Waals surface area contributed by atoms with E-state index in [2.05, 4.69) is 57.8 Å². The molecule has 0 N–H and O–H groups in total. The summed E-state index contributed by atoms with van der Waals surface area (Å²) in [6.07, 6.45) is 0.427. The van der Waals surface area contributed by atoms with E-state index in [1.165, 1.54) is 11.1 Å². The van der Waals surface area contributed by atoms with E-state index >= 15 is 0 Å². The monoisotopic (exact) mass is 380 g/mol. The number of carbonyl (C=O) groups is 1. The zero-order valence-electron chi connectivity index (χ0n) is 10.8. The zero-order chi connectivity index (χ0) is 14.0. The smallest absolute Gasteiger partial charge is 0.168 e. The summed E-state index contributed by atoms with van der Waals surface area (Å²) < 4.78 is 1.75. The van der Waals surface area contributed by atoms with Gasteiger partial charge in [-0.3, -0.25) is 4.79 Å². The van der Waals surface area contributed by atoms with Gasteiger partial charge in [-0.2, -0.15) is 0 Å². The molecule has 0 unspecified atom stereocenters. The van der Waals surface area contributed by atoms with Gasteiger partial charge in [0.15, 0.2) is 5.78 Å². The molecule has 0 spiro atoms. The quantitative estimate of drug-likeness (QED) is 0.663. The summed E-state index contributed by atoms with van der Waals surface area (Å²) in [5.41, 5.74) is 4.24. The second-order valence-electron chi connectivity index (χ2n) is 4.64. The van der Waals surface area contributed by atoms with Crippen LogP contribution in [0.3, 0.4) is 0 Å². The van der Waals surface area contributed by atoms with Crippen LogP contribution in [0.1, 0.15) is 27.0 Å². The molecule has 19 heavy (non-hydrogen) atoms. The maximum atomic E-state index is 12.3. The number of hydrogen-bond donors (Lipinski definition) is 0. The van der Waals surface area contributed by atoms with Crippen LogP contribution < -0.4 is 0 Å². The molecule has 0 aliphatic heterocycles. The fraction of sp³-hybridized carbons (Fsp3) is 0.188. The van der Waals surface area contributed by atoms with Crippen LogP contribution >= 0.6 is 31.9 Å². The van der Waals surface area contributed by atoms with Crippen LogP contribution in [-0.4, -0.2) is 5.78 Å². The molecule has 0 aromatic heterocycles. The molecular formula is C16H14Br2O. The Hall–Kier alpha value is -0.930. The molecule has 0 radical (unpaired) electrons. The highest BCUT2D eigenvalue weighted by atomic mass is 79.9. The van der Waals surface area contributed by atoms with Crippen molar-refractivity contribution < 1.29 is 4.79 Å². The van der Waals surface area contributed by atoms with Gasteiger partial charge in [-0.25, -0.2) is 0 Å². The summed E-state index contributed by atoms with van der Waals surface area (Å²) >= 11 is 6.83. The van der Waals surface area contributed by atoms with Gasteiger partial charge in [-0.05, 0) is 48.7 Å². The molecule has 0 fully saturated rings. The summed E-state index contributed by atoms with van der Waals surface area (Å²) in [6, 6.07) is 11.8. The molecule has 3 heteroatoms. The Balaban J connectivity index is 2.25. The maximum Gasteiger partial charge on any atom is 0.168 e. The average molecular weight is 382 g/mol. The van der Waals surface area contributed by atoms with Crippen LogP contribution in [0.4, 0.5) is 0 Å². The van der Waals surface area contributed by atoms with Gasteiger partial charge < -0.3 is 0 Å². The first kappa shape index (κ1) is 14.5. The van der Waals surface area contributed by atoms with Crippen LogP contribution in [0, 0.1) is 13.8 Å². The van der Waals surface area contributed by atoms with E-state index in [4.69, 9.17) is 0 Å². The first-order valence-electron chi connectivity index (χ1n) is 6.02. The zero-order valence-corrected chi connectivity index (χ0v) is 14.0. The lowest BCUT2D eigenvalue weighted by Crippen LogP contribution is -2.05. The standard InChI is InChI=1S/C16H14Br2O/c1-10-3-4-12(7-11(10)2)8-16(19)14-9-13(17)5-6-15(14)18/h3-7,9H,8H2,1-2H3. The predicted molar refractivity (Wildman–Crippen MR) is 85.8 cm³/mol. The van der Waals surface area contributed by atoms with Crippen molar-refractivity contribution in [3.63, 3.8) is 0 Å². The molecule has 0 atom stereocenters. The third-order valence-corrected chi connectivity index (χ3v) is 4.35. The number of Topliss-reactive ketones (excluding diaryl/α,β-unsaturated/α-hetero) is 1. The topological polar surface area (TPSA) is 17.1 Å². The van der Waals surface area contributed by atoms with Crippen molar-refractivity contribution in [2.45, 2.75) is 20.3 Å². The highest BCUT2D eigenvalue weighted by Gasteiger charge is 2.11. The van der Waals surface area contributed by atoms with Crippen LogP contribution in [0.15, 0.2) is 45.3 Å². The Labute approximate surface area is 130 Å². The van der Waals surface area contributed by atoms with Gasteiger partial charge in [0.25, 0.3) is 0 Å². The normalized spacial score (nSPS) is 10.5. The third kappa shape index (κ3) is 3.54. The SMILES string of the molecule is Cc1ccc(CC(=O)c2cc(Br)ccc2Br)cc1C. The van der Waals surface area contributed by atoms with Crippen molar-refractivity contribution in [2.75, 3.05) is 0 Å². The first-order chi connectivity index (χ1) is 8.97. The van der Waals surface area contributed by atoms with E-state index < -0.39 is 0 Å². The van der Waals surface area contributed by atoms with Crippen LogP contribution in [0.25, 0.3) is 0 Å². The molecule has 2 aromatic carbocycles. The van der Waals surface area contributed by atoms with Gasteiger partial charge in [0.2, 0.25) is 0 Å². The summed E-state index contributed by atoms with van der Waals surface area (Å²) in [5.74, 6) is 0.122. The number of aryl methyl sites for hydroxylation is 2. The van der Waals surface area contributed by atoms with Gasteiger partial charge in [-0.15, -0.1) is 0 Å². The lowest BCUT2D eigenvalue weighted by atomic mass is 10.00. The Morgan fingerprint density at radius 1 is 1.00 bits per heavy atom. The van der Waals surface area contributed by atoms with Gasteiger partial charge in [-0.1, -0.05) is 50.1 Å². The van der Waals surface area contributed by atoms with Crippen LogP contribution in [0.2, 0.25) is 0 Å². The van der Waals surface area contributed by atoms with E-state index in [-0.39, 0.29) is 5.78 Å². The van der Waals surface area contributed by atoms with Crippen molar-refractivity contribution in [3.05, 3.63) is 67.6 Å². The van der Waals surface area contributed by atoms with E-state index in [0.717, 1.165) is 14.5 Å². The molecule has 0 heterocycles. The Morgan fingerprint density at radius 3 is 2.42 bits per heavy atom. The molecule has 2 aromatic rings. The highest BCUT2D eigenvalue weighted by molar-refractivity contribution is 9.11. The number of hydrogen-bond acceptors (Lipinski definition) is 1. The minimum atomic E-state index is 0.122. The molecule has 0 bridgehead atoms. The number of benzene rings is 2. The number of rotatable bonds is 3. The largest absolute Gasteiger partial charge is 0.294 e. The van der Waals surface area contributed by atoms with Gasteiger partial charge >= 0.3 is 0 Å². The van der Waals surface area contributed by atoms with Gasteiger partial charge in [0.1, 0.15) is 0 Å². The molecule has 0 saturated heterocycles. The molecule has 2 rings (SSSR count). The minimum absolute atomic E-state index is 0.122. The molecule has 0 amide bonds.